The summed E-state index contributed by atoms with van der Waals surface area (Å²) in [6.07, 6.45) is 3.61. The molecule has 1 unspecified atom stereocenters. The number of rotatable bonds is 3. The first-order chi connectivity index (χ1) is 10.3. The van der Waals surface area contributed by atoms with Gasteiger partial charge in [-0.15, -0.1) is 0 Å². The van der Waals surface area contributed by atoms with Gasteiger partial charge in [-0.05, 0) is 18.7 Å². The van der Waals surface area contributed by atoms with Gasteiger partial charge in [-0.1, -0.05) is 30.3 Å². The SMILES string of the molecule is CN1CCN(c2cnccc2CO)C(c2ccccc2)C1. The van der Waals surface area contributed by atoms with E-state index in [1.807, 2.05) is 18.3 Å². The van der Waals surface area contributed by atoms with E-state index in [0.29, 0.717) is 6.04 Å². The molecule has 110 valence electrons. The molecule has 4 heteroatoms. The Balaban J connectivity index is 1.98. The Morgan fingerprint density at radius 3 is 2.76 bits per heavy atom. The van der Waals surface area contributed by atoms with Crippen molar-refractivity contribution >= 4 is 5.69 Å². The fourth-order valence-electron chi connectivity index (χ4n) is 2.98. The van der Waals surface area contributed by atoms with Crippen LogP contribution in [0.2, 0.25) is 0 Å². The van der Waals surface area contributed by atoms with Crippen LogP contribution in [0.1, 0.15) is 17.2 Å². The molecule has 1 atom stereocenters. The van der Waals surface area contributed by atoms with Gasteiger partial charge in [-0.2, -0.15) is 0 Å². The van der Waals surface area contributed by atoms with E-state index in [1.165, 1.54) is 5.56 Å². The molecule has 0 radical (unpaired) electrons. The molecule has 1 fully saturated rings. The van der Waals surface area contributed by atoms with Crippen molar-refractivity contribution in [2.45, 2.75) is 12.6 Å². The van der Waals surface area contributed by atoms with Gasteiger partial charge in [-0.3, -0.25) is 4.98 Å². The molecule has 0 aliphatic carbocycles. The van der Waals surface area contributed by atoms with Crippen LogP contribution in [0.4, 0.5) is 5.69 Å². The van der Waals surface area contributed by atoms with Crippen molar-refractivity contribution in [2.24, 2.45) is 0 Å². The predicted octanol–water partition coefficient (Wildman–Crippen LogP) is 2.07. The standard InChI is InChI=1S/C17H21N3O/c1-19-9-10-20(16-11-18-8-7-15(16)13-21)17(12-19)14-5-3-2-4-6-14/h2-8,11,17,21H,9-10,12-13H2,1H3. The third-order valence-electron chi connectivity index (χ3n) is 4.14. The molecule has 0 amide bonds. The lowest BCUT2D eigenvalue weighted by Gasteiger charge is -2.42. The fraction of sp³-hybridized carbons (Fsp3) is 0.353. The number of nitrogens with zero attached hydrogens (tertiary/aromatic N) is 3. The number of piperazine rings is 1. The number of aromatic nitrogens is 1. The molecular formula is C17H21N3O. The third kappa shape index (κ3) is 2.91. The molecule has 1 aromatic heterocycles. The molecule has 3 rings (SSSR count). The van der Waals surface area contributed by atoms with E-state index in [-0.39, 0.29) is 6.61 Å². The topological polar surface area (TPSA) is 39.6 Å². The zero-order valence-electron chi connectivity index (χ0n) is 12.3. The van der Waals surface area contributed by atoms with Crippen LogP contribution in [-0.4, -0.2) is 41.7 Å². The normalized spacial score (nSPS) is 19.7. The number of aliphatic hydroxyl groups is 1. The predicted molar refractivity (Wildman–Crippen MR) is 84.2 cm³/mol. The fourth-order valence-corrected chi connectivity index (χ4v) is 2.98. The molecular weight excluding hydrogens is 262 g/mol. The van der Waals surface area contributed by atoms with E-state index in [2.05, 4.69) is 46.1 Å². The first kappa shape index (κ1) is 14.0. The monoisotopic (exact) mass is 283 g/mol. The second-order valence-electron chi connectivity index (χ2n) is 5.54. The van der Waals surface area contributed by atoms with Gasteiger partial charge < -0.3 is 14.9 Å². The maximum atomic E-state index is 9.59. The highest BCUT2D eigenvalue weighted by molar-refractivity contribution is 5.54. The lowest BCUT2D eigenvalue weighted by molar-refractivity contribution is 0.264. The van der Waals surface area contributed by atoms with Gasteiger partial charge >= 0.3 is 0 Å². The largest absolute Gasteiger partial charge is 0.392 e. The lowest BCUT2D eigenvalue weighted by atomic mass is 10.0. The van der Waals surface area contributed by atoms with Crippen molar-refractivity contribution in [3.8, 4) is 0 Å². The lowest BCUT2D eigenvalue weighted by Crippen LogP contribution is -2.47. The number of anilines is 1. The minimum absolute atomic E-state index is 0.0473. The number of pyridine rings is 1. The molecule has 21 heavy (non-hydrogen) atoms. The highest BCUT2D eigenvalue weighted by Gasteiger charge is 2.28. The van der Waals surface area contributed by atoms with Crippen LogP contribution in [0.3, 0.4) is 0 Å². The zero-order chi connectivity index (χ0) is 14.7. The number of hydrogen-bond donors (Lipinski definition) is 1. The molecule has 1 aliphatic heterocycles. The van der Waals surface area contributed by atoms with Crippen LogP contribution in [0.25, 0.3) is 0 Å². The number of benzene rings is 1. The summed E-state index contributed by atoms with van der Waals surface area (Å²) in [6.45, 7) is 2.98. The Kier molecular flexibility index (Phi) is 4.18. The minimum atomic E-state index is 0.0473. The van der Waals surface area contributed by atoms with E-state index in [9.17, 15) is 5.11 Å². The average Bonchev–Trinajstić information content (AvgIpc) is 2.55. The minimum Gasteiger partial charge on any atom is -0.392 e. The summed E-state index contributed by atoms with van der Waals surface area (Å²) in [7, 11) is 2.16. The summed E-state index contributed by atoms with van der Waals surface area (Å²) in [5.74, 6) is 0. The molecule has 0 spiro atoms. The average molecular weight is 283 g/mol. The van der Waals surface area contributed by atoms with Crippen molar-refractivity contribution in [2.75, 3.05) is 31.6 Å². The number of hydrogen-bond acceptors (Lipinski definition) is 4. The molecule has 1 saturated heterocycles. The van der Waals surface area contributed by atoms with Crippen LogP contribution in [0.15, 0.2) is 48.8 Å². The van der Waals surface area contributed by atoms with Crippen LogP contribution >= 0.6 is 0 Å². The first-order valence-electron chi connectivity index (χ1n) is 7.33. The van der Waals surface area contributed by atoms with E-state index >= 15 is 0 Å². The molecule has 4 nitrogen and oxygen atoms in total. The third-order valence-corrected chi connectivity index (χ3v) is 4.14. The summed E-state index contributed by atoms with van der Waals surface area (Å²) in [6, 6.07) is 12.7. The molecule has 2 heterocycles. The van der Waals surface area contributed by atoms with Gasteiger partial charge in [0.25, 0.3) is 0 Å². The Morgan fingerprint density at radius 2 is 2.00 bits per heavy atom. The Labute approximate surface area is 125 Å². The second kappa shape index (κ2) is 6.24. The second-order valence-corrected chi connectivity index (χ2v) is 5.54. The highest BCUT2D eigenvalue weighted by atomic mass is 16.3. The summed E-state index contributed by atoms with van der Waals surface area (Å²) < 4.78 is 0. The van der Waals surface area contributed by atoms with Gasteiger partial charge in [-0.25, -0.2) is 0 Å². The number of aliphatic hydroxyl groups excluding tert-OH is 1. The smallest absolute Gasteiger partial charge is 0.0703 e. The van der Waals surface area contributed by atoms with E-state index in [0.717, 1.165) is 30.9 Å². The van der Waals surface area contributed by atoms with Crippen LogP contribution < -0.4 is 4.90 Å². The molecule has 1 aromatic carbocycles. The Bertz CT molecular complexity index is 588. The van der Waals surface area contributed by atoms with Crippen LogP contribution in [0.5, 0.6) is 0 Å². The van der Waals surface area contributed by atoms with Gasteiger partial charge in [0.05, 0.1) is 24.5 Å². The summed E-state index contributed by atoms with van der Waals surface area (Å²) in [5, 5.41) is 9.59. The highest BCUT2D eigenvalue weighted by Crippen LogP contribution is 2.32. The Morgan fingerprint density at radius 1 is 1.19 bits per heavy atom. The summed E-state index contributed by atoms with van der Waals surface area (Å²) >= 11 is 0. The van der Waals surface area contributed by atoms with Crippen molar-refractivity contribution in [1.82, 2.24) is 9.88 Å². The molecule has 1 N–H and O–H groups in total. The summed E-state index contributed by atoms with van der Waals surface area (Å²) in [5.41, 5.74) is 3.29. The molecule has 0 bridgehead atoms. The zero-order valence-corrected chi connectivity index (χ0v) is 12.3. The van der Waals surface area contributed by atoms with E-state index in [4.69, 9.17) is 0 Å². The summed E-state index contributed by atoms with van der Waals surface area (Å²) in [4.78, 5) is 8.97. The van der Waals surface area contributed by atoms with Crippen molar-refractivity contribution in [1.29, 1.82) is 0 Å². The van der Waals surface area contributed by atoms with Gasteiger partial charge in [0.1, 0.15) is 0 Å². The molecule has 1 aliphatic rings. The maximum Gasteiger partial charge on any atom is 0.0703 e. The molecule has 0 saturated carbocycles. The molecule has 2 aromatic rings. The Hall–Kier alpha value is -1.91. The van der Waals surface area contributed by atoms with Crippen LogP contribution in [-0.2, 0) is 6.61 Å². The van der Waals surface area contributed by atoms with Gasteiger partial charge in [0.2, 0.25) is 0 Å². The first-order valence-corrected chi connectivity index (χ1v) is 7.33. The van der Waals surface area contributed by atoms with Crippen molar-refractivity contribution < 1.29 is 5.11 Å². The number of likely N-dealkylation sites (N-methyl/N-ethyl adjacent to an activating group) is 1. The van der Waals surface area contributed by atoms with Gasteiger partial charge in [0, 0.05) is 31.4 Å². The maximum absolute atomic E-state index is 9.59. The van der Waals surface area contributed by atoms with Gasteiger partial charge in [0.15, 0.2) is 0 Å². The quantitative estimate of drug-likeness (QED) is 0.936. The van der Waals surface area contributed by atoms with Crippen LogP contribution in [0, 0.1) is 0 Å². The van der Waals surface area contributed by atoms with E-state index < -0.39 is 0 Å². The van der Waals surface area contributed by atoms with Crippen molar-refractivity contribution in [3.63, 3.8) is 0 Å². The van der Waals surface area contributed by atoms with Crippen molar-refractivity contribution in [3.05, 3.63) is 59.9 Å². The van der Waals surface area contributed by atoms with E-state index in [1.54, 1.807) is 6.20 Å².